The number of nitrogens with two attached hydrogens (primary N) is 1. The molecule has 0 unspecified atom stereocenters. The number of rotatable bonds is 4. The Bertz CT molecular complexity index is 414. The number of nitriles is 1. The van der Waals surface area contributed by atoms with Gasteiger partial charge in [-0.15, -0.1) is 0 Å². The van der Waals surface area contributed by atoms with Crippen LogP contribution in [0.3, 0.4) is 0 Å². The molecule has 17 heavy (non-hydrogen) atoms. The molecule has 0 radical (unpaired) electrons. The Morgan fingerprint density at radius 3 is 2.82 bits per heavy atom. The van der Waals surface area contributed by atoms with E-state index in [1.54, 1.807) is 6.07 Å². The van der Waals surface area contributed by atoms with Crippen molar-refractivity contribution in [2.45, 2.75) is 32.1 Å². The number of nitrogen functional groups attached to an aromatic ring is 1. The number of hydrogen-bond acceptors (Lipinski definition) is 3. The normalized spacial score (nSPS) is 15.7. The maximum atomic E-state index is 9.01. The summed E-state index contributed by atoms with van der Waals surface area (Å²) in [5, 5.41) is 12.3. The fourth-order valence-corrected chi connectivity index (χ4v) is 2.52. The molecule has 1 fully saturated rings. The molecule has 1 aromatic carbocycles. The molecule has 1 aliphatic carbocycles. The molecule has 1 saturated carbocycles. The number of anilines is 2. The van der Waals surface area contributed by atoms with Crippen molar-refractivity contribution in [3.05, 3.63) is 23.8 Å². The largest absolute Gasteiger partial charge is 0.399 e. The van der Waals surface area contributed by atoms with Crippen molar-refractivity contribution in [2.24, 2.45) is 5.92 Å². The summed E-state index contributed by atoms with van der Waals surface area (Å²) >= 11 is 0. The molecule has 2 rings (SSSR count). The van der Waals surface area contributed by atoms with Crippen molar-refractivity contribution in [1.82, 2.24) is 0 Å². The molecule has 0 aliphatic heterocycles. The monoisotopic (exact) mass is 229 g/mol. The first-order valence-electron chi connectivity index (χ1n) is 6.33. The highest BCUT2D eigenvalue weighted by molar-refractivity contribution is 5.62. The Balaban J connectivity index is 1.88. The maximum absolute atomic E-state index is 9.01. The molecular weight excluding hydrogens is 210 g/mol. The predicted octanol–water partition coefficient (Wildman–Crippen LogP) is 3.13. The first-order chi connectivity index (χ1) is 8.29. The molecule has 3 heteroatoms. The van der Waals surface area contributed by atoms with Crippen LogP contribution in [0.15, 0.2) is 18.2 Å². The Labute approximate surface area is 103 Å². The minimum atomic E-state index is 0.636. The van der Waals surface area contributed by atoms with Crippen molar-refractivity contribution in [3.8, 4) is 6.07 Å². The van der Waals surface area contributed by atoms with Crippen LogP contribution in [0.1, 0.15) is 37.7 Å². The van der Waals surface area contributed by atoms with Crippen molar-refractivity contribution in [1.29, 1.82) is 5.26 Å². The highest BCUT2D eigenvalue weighted by Gasteiger charge is 2.14. The van der Waals surface area contributed by atoms with E-state index < -0.39 is 0 Å². The van der Waals surface area contributed by atoms with Gasteiger partial charge in [-0.05, 0) is 30.5 Å². The van der Waals surface area contributed by atoms with E-state index in [-0.39, 0.29) is 0 Å². The van der Waals surface area contributed by atoms with Gasteiger partial charge in [0.25, 0.3) is 0 Å². The van der Waals surface area contributed by atoms with E-state index in [2.05, 4.69) is 11.4 Å². The van der Waals surface area contributed by atoms with Gasteiger partial charge in [-0.2, -0.15) is 5.26 Å². The molecule has 0 heterocycles. The zero-order valence-corrected chi connectivity index (χ0v) is 10.1. The molecule has 0 spiro atoms. The molecule has 90 valence electrons. The molecule has 3 nitrogen and oxygen atoms in total. The molecule has 1 aliphatic rings. The van der Waals surface area contributed by atoms with Crippen LogP contribution in [-0.2, 0) is 0 Å². The first kappa shape index (κ1) is 11.8. The predicted molar refractivity (Wildman–Crippen MR) is 70.6 cm³/mol. The third-order valence-electron chi connectivity index (χ3n) is 3.51. The van der Waals surface area contributed by atoms with Gasteiger partial charge in [0.2, 0.25) is 0 Å². The fourth-order valence-electron chi connectivity index (χ4n) is 2.52. The topological polar surface area (TPSA) is 61.8 Å². The Kier molecular flexibility index (Phi) is 3.87. The zero-order valence-electron chi connectivity index (χ0n) is 10.1. The van der Waals surface area contributed by atoms with Crippen LogP contribution < -0.4 is 11.1 Å². The van der Waals surface area contributed by atoms with Crippen molar-refractivity contribution < 1.29 is 0 Å². The van der Waals surface area contributed by atoms with E-state index in [9.17, 15) is 0 Å². The summed E-state index contributed by atoms with van der Waals surface area (Å²) < 4.78 is 0. The van der Waals surface area contributed by atoms with Gasteiger partial charge in [-0.1, -0.05) is 25.7 Å². The summed E-state index contributed by atoms with van der Waals surface area (Å²) in [5.41, 5.74) is 7.83. The van der Waals surface area contributed by atoms with E-state index >= 15 is 0 Å². The van der Waals surface area contributed by atoms with Gasteiger partial charge in [0, 0.05) is 12.2 Å². The van der Waals surface area contributed by atoms with Crippen LogP contribution in [0.4, 0.5) is 11.4 Å². The summed E-state index contributed by atoms with van der Waals surface area (Å²) in [6, 6.07) is 7.62. The van der Waals surface area contributed by atoms with Gasteiger partial charge < -0.3 is 11.1 Å². The second-order valence-electron chi connectivity index (χ2n) is 4.78. The van der Waals surface area contributed by atoms with Crippen LogP contribution >= 0.6 is 0 Å². The molecule has 0 aromatic heterocycles. The van der Waals surface area contributed by atoms with Gasteiger partial charge in [0.15, 0.2) is 0 Å². The average molecular weight is 229 g/mol. The molecular formula is C14H19N3. The van der Waals surface area contributed by atoms with Gasteiger partial charge in [-0.25, -0.2) is 0 Å². The van der Waals surface area contributed by atoms with Gasteiger partial charge in [0.05, 0.1) is 11.3 Å². The smallest absolute Gasteiger partial charge is 0.101 e. The average Bonchev–Trinajstić information content (AvgIpc) is 2.84. The Morgan fingerprint density at radius 2 is 2.12 bits per heavy atom. The summed E-state index contributed by atoms with van der Waals surface area (Å²) in [6.45, 7) is 0.948. The van der Waals surface area contributed by atoms with Crippen molar-refractivity contribution in [2.75, 3.05) is 17.6 Å². The number of nitrogens with one attached hydrogen (secondary N) is 1. The van der Waals surface area contributed by atoms with Crippen LogP contribution in [0.2, 0.25) is 0 Å². The van der Waals surface area contributed by atoms with E-state index in [1.807, 2.05) is 12.1 Å². The lowest BCUT2D eigenvalue weighted by molar-refractivity contribution is 0.518. The van der Waals surface area contributed by atoms with Gasteiger partial charge in [0.1, 0.15) is 6.07 Å². The van der Waals surface area contributed by atoms with Crippen LogP contribution in [0.5, 0.6) is 0 Å². The quantitative estimate of drug-likeness (QED) is 0.780. The molecule has 0 amide bonds. The molecule has 3 N–H and O–H groups in total. The summed E-state index contributed by atoms with van der Waals surface area (Å²) in [4.78, 5) is 0. The second-order valence-corrected chi connectivity index (χ2v) is 4.78. The fraction of sp³-hybridized carbons (Fsp3) is 0.500. The molecule has 0 saturated heterocycles. The molecule has 0 bridgehead atoms. The second kappa shape index (κ2) is 5.58. The number of hydrogen-bond donors (Lipinski definition) is 2. The van der Waals surface area contributed by atoms with Crippen LogP contribution in [0.25, 0.3) is 0 Å². The number of nitrogens with zero attached hydrogens (tertiary/aromatic N) is 1. The van der Waals surface area contributed by atoms with E-state index in [1.165, 1.54) is 32.1 Å². The highest BCUT2D eigenvalue weighted by Crippen LogP contribution is 2.27. The van der Waals surface area contributed by atoms with Gasteiger partial charge >= 0.3 is 0 Å². The minimum absolute atomic E-state index is 0.636. The lowest BCUT2D eigenvalue weighted by atomic mass is 10.0. The van der Waals surface area contributed by atoms with Crippen LogP contribution in [-0.4, -0.2) is 6.54 Å². The lowest BCUT2D eigenvalue weighted by Crippen LogP contribution is -2.07. The minimum Gasteiger partial charge on any atom is -0.399 e. The lowest BCUT2D eigenvalue weighted by Gasteiger charge is -2.12. The zero-order chi connectivity index (χ0) is 12.1. The highest BCUT2D eigenvalue weighted by atomic mass is 14.9. The summed E-state index contributed by atoms with van der Waals surface area (Å²) in [5.74, 6) is 0.877. The van der Waals surface area contributed by atoms with Crippen LogP contribution in [0, 0.1) is 17.2 Å². The van der Waals surface area contributed by atoms with E-state index in [4.69, 9.17) is 11.0 Å². The summed E-state index contributed by atoms with van der Waals surface area (Å²) in [7, 11) is 0. The van der Waals surface area contributed by atoms with Crippen molar-refractivity contribution >= 4 is 11.4 Å². The molecule has 1 aromatic rings. The summed E-state index contributed by atoms with van der Waals surface area (Å²) in [6.07, 6.45) is 6.71. The number of benzene rings is 1. The maximum Gasteiger partial charge on any atom is 0.101 e. The molecule has 0 atom stereocenters. The first-order valence-corrected chi connectivity index (χ1v) is 6.33. The van der Waals surface area contributed by atoms with Gasteiger partial charge in [-0.3, -0.25) is 0 Å². The third-order valence-corrected chi connectivity index (χ3v) is 3.51. The standard InChI is InChI=1S/C14H19N3/c15-10-12-9-13(16)5-6-14(12)17-8-7-11-3-1-2-4-11/h5-6,9,11,17H,1-4,7-8,16H2. The SMILES string of the molecule is N#Cc1cc(N)ccc1NCCC1CCCC1. The van der Waals surface area contributed by atoms with E-state index in [0.29, 0.717) is 11.3 Å². The van der Waals surface area contributed by atoms with E-state index in [0.717, 1.165) is 18.2 Å². The Morgan fingerprint density at radius 1 is 1.35 bits per heavy atom. The third kappa shape index (κ3) is 3.13. The Hall–Kier alpha value is -1.69. The van der Waals surface area contributed by atoms with Crippen molar-refractivity contribution in [3.63, 3.8) is 0 Å².